The number of benzene rings is 2. The highest BCUT2D eigenvalue weighted by Crippen LogP contribution is 2.31. The van der Waals surface area contributed by atoms with Crippen molar-refractivity contribution in [2.75, 3.05) is 48.7 Å². The molecule has 0 unspecified atom stereocenters. The predicted octanol–water partition coefficient (Wildman–Crippen LogP) is 2.34. The molecule has 0 aromatic heterocycles. The molecule has 1 amide bonds. The van der Waals surface area contributed by atoms with Gasteiger partial charge in [0.2, 0.25) is 15.9 Å². The summed E-state index contributed by atoms with van der Waals surface area (Å²) in [4.78, 5) is 14.8. The van der Waals surface area contributed by atoms with Crippen molar-refractivity contribution < 1.29 is 17.9 Å². The van der Waals surface area contributed by atoms with Gasteiger partial charge in [0.25, 0.3) is 0 Å². The summed E-state index contributed by atoms with van der Waals surface area (Å²) in [5.74, 6) is 0.0670. The number of ether oxygens (including phenoxy) is 1. The van der Waals surface area contributed by atoms with Gasteiger partial charge in [-0.15, -0.1) is 0 Å². The highest BCUT2D eigenvalue weighted by Gasteiger charge is 2.24. The van der Waals surface area contributed by atoms with Gasteiger partial charge in [-0.2, -0.15) is 0 Å². The average molecular weight is 432 g/mol. The van der Waals surface area contributed by atoms with Crippen LogP contribution >= 0.6 is 0 Å². The van der Waals surface area contributed by atoms with E-state index in [0.717, 1.165) is 42.1 Å². The monoisotopic (exact) mass is 431 g/mol. The third kappa shape index (κ3) is 5.24. The lowest BCUT2D eigenvalue weighted by Crippen LogP contribution is -2.41. The first-order chi connectivity index (χ1) is 14.3. The van der Waals surface area contributed by atoms with Gasteiger partial charge in [-0.1, -0.05) is 24.3 Å². The third-order valence-electron chi connectivity index (χ3n) is 5.20. The number of hydrogen-bond donors (Lipinski definition) is 1. The molecule has 0 radical (unpaired) electrons. The zero-order chi connectivity index (χ0) is 21.7. The Morgan fingerprint density at radius 1 is 1.23 bits per heavy atom. The molecule has 2 aromatic rings. The first kappa shape index (κ1) is 22.0. The van der Waals surface area contributed by atoms with Crippen molar-refractivity contribution >= 4 is 27.3 Å². The molecular formula is C22H29N3O4S. The fourth-order valence-electron chi connectivity index (χ4n) is 3.70. The second-order valence-corrected chi connectivity index (χ2v) is 9.42. The third-order valence-corrected chi connectivity index (χ3v) is 6.33. The normalized spacial score (nSPS) is 13.1. The Morgan fingerprint density at radius 3 is 2.73 bits per heavy atom. The highest BCUT2D eigenvalue weighted by atomic mass is 32.2. The fraction of sp³-hybridized carbons (Fsp3) is 0.409. The Bertz CT molecular complexity index is 1010. The topological polar surface area (TPSA) is 79.0 Å². The van der Waals surface area contributed by atoms with Crippen LogP contribution in [-0.2, 0) is 21.2 Å². The molecule has 2 aromatic carbocycles. The molecule has 0 aliphatic carbocycles. The van der Waals surface area contributed by atoms with Crippen LogP contribution in [0.5, 0.6) is 5.75 Å². The standard InChI is InChI=1S/C22H29N3O4S/c1-17-9-10-21(29-2)20(15-17)25(30(3,27)28)16-22(26)23-12-6-13-24-14-11-18-7-4-5-8-19(18)24/h4-5,7-10,15H,6,11-14,16H2,1-3H3,(H,23,26). The van der Waals surface area contributed by atoms with E-state index in [-0.39, 0.29) is 12.5 Å². The number of sulfonamides is 1. The summed E-state index contributed by atoms with van der Waals surface area (Å²) in [6.07, 6.45) is 2.92. The van der Waals surface area contributed by atoms with Crippen LogP contribution in [0.1, 0.15) is 17.5 Å². The van der Waals surface area contributed by atoms with E-state index in [9.17, 15) is 13.2 Å². The maximum absolute atomic E-state index is 12.5. The van der Waals surface area contributed by atoms with E-state index in [2.05, 4.69) is 28.4 Å². The van der Waals surface area contributed by atoms with E-state index >= 15 is 0 Å². The summed E-state index contributed by atoms with van der Waals surface area (Å²) in [6.45, 7) is 3.90. The number of nitrogens with zero attached hydrogens (tertiary/aromatic N) is 2. The minimum atomic E-state index is -3.66. The van der Waals surface area contributed by atoms with Crippen LogP contribution in [0.25, 0.3) is 0 Å². The number of carbonyl (C=O) groups is 1. The van der Waals surface area contributed by atoms with Crippen molar-refractivity contribution in [1.82, 2.24) is 5.32 Å². The summed E-state index contributed by atoms with van der Waals surface area (Å²) < 4.78 is 31.1. The molecule has 0 bridgehead atoms. The molecule has 3 rings (SSSR count). The molecule has 7 nitrogen and oxygen atoms in total. The van der Waals surface area contributed by atoms with Crippen LogP contribution < -0.4 is 19.3 Å². The number of nitrogens with one attached hydrogen (secondary N) is 1. The smallest absolute Gasteiger partial charge is 0.240 e. The number of carbonyl (C=O) groups excluding carboxylic acids is 1. The highest BCUT2D eigenvalue weighted by molar-refractivity contribution is 7.92. The molecule has 1 heterocycles. The number of hydrogen-bond acceptors (Lipinski definition) is 5. The van der Waals surface area contributed by atoms with Crippen molar-refractivity contribution in [2.24, 2.45) is 0 Å². The van der Waals surface area contributed by atoms with E-state index in [0.29, 0.717) is 18.0 Å². The molecule has 0 saturated carbocycles. The van der Waals surface area contributed by atoms with Gasteiger partial charge >= 0.3 is 0 Å². The largest absolute Gasteiger partial charge is 0.495 e. The van der Waals surface area contributed by atoms with Crippen molar-refractivity contribution in [3.8, 4) is 5.75 Å². The lowest BCUT2D eigenvalue weighted by atomic mass is 10.2. The summed E-state index contributed by atoms with van der Waals surface area (Å²) in [5.41, 5.74) is 3.87. The Labute approximate surface area is 178 Å². The molecule has 0 atom stereocenters. The van der Waals surface area contributed by atoms with Gasteiger partial charge in [0.1, 0.15) is 12.3 Å². The molecule has 0 saturated heterocycles. The molecule has 1 aliphatic rings. The number of methoxy groups -OCH3 is 1. The van der Waals surface area contributed by atoms with Crippen molar-refractivity contribution in [3.63, 3.8) is 0 Å². The zero-order valence-electron chi connectivity index (χ0n) is 17.7. The number of anilines is 2. The van der Waals surface area contributed by atoms with E-state index in [1.807, 2.05) is 19.1 Å². The van der Waals surface area contributed by atoms with E-state index < -0.39 is 10.0 Å². The Balaban J connectivity index is 1.57. The number of rotatable bonds is 9. The van der Waals surface area contributed by atoms with Crippen LogP contribution in [0.3, 0.4) is 0 Å². The SMILES string of the molecule is COc1ccc(C)cc1N(CC(=O)NCCCN1CCc2ccccc21)S(C)(=O)=O. The van der Waals surface area contributed by atoms with Gasteiger partial charge < -0.3 is 15.0 Å². The Hall–Kier alpha value is -2.74. The van der Waals surface area contributed by atoms with E-state index in [1.165, 1.54) is 18.4 Å². The van der Waals surface area contributed by atoms with Gasteiger partial charge in [-0.25, -0.2) is 8.42 Å². The van der Waals surface area contributed by atoms with Gasteiger partial charge in [0.05, 0.1) is 19.1 Å². The van der Waals surface area contributed by atoms with Crippen molar-refractivity contribution in [2.45, 2.75) is 19.8 Å². The van der Waals surface area contributed by atoms with E-state index in [1.54, 1.807) is 12.1 Å². The second kappa shape index (κ2) is 9.38. The summed E-state index contributed by atoms with van der Waals surface area (Å²) in [6, 6.07) is 13.6. The van der Waals surface area contributed by atoms with Crippen molar-refractivity contribution in [3.05, 3.63) is 53.6 Å². The van der Waals surface area contributed by atoms with Crippen LogP contribution in [0, 0.1) is 6.92 Å². The van der Waals surface area contributed by atoms with Crippen LogP contribution in [0.4, 0.5) is 11.4 Å². The first-order valence-electron chi connectivity index (χ1n) is 10.0. The predicted molar refractivity (Wildman–Crippen MR) is 120 cm³/mol. The van der Waals surface area contributed by atoms with Gasteiger partial charge in [0.15, 0.2) is 0 Å². The molecule has 0 fully saturated rings. The second-order valence-electron chi connectivity index (χ2n) is 7.51. The van der Waals surface area contributed by atoms with Crippen LogP contribution in [0.2, 0.25) is 0 Å². The quantitative estimate of drug-likeness (QED) is 0.617. The molecular weight excluding hydrogens is 402 g/mol. The average Bonchev–Trinajstić information content (AvgIpc) is 3.12. The molecule has 1 aliphatic heterocycles. The molecule has 0 spiro atoms. The van der Waals surface area contributed by atoms with Crippen LogP contribution in [-0.4, -0.2) is 53.9 Å². The Kier molecular flexibility index (Phi) is 6.87. The number of amides is 1. The summed E-state index contributed by atoms with van der Waals surface area (Å²) in [5, 5.41) is 2.84. The zero-order valence-corrected chi connectivity index (χ0v) is 18.5. The first-order valence-corrected chi connectivity index (χ1v) is 11.9. The molecule has 30 heavy (non-hydrogen) atoms. The summed E-state index contributed by atoms with van der Waals surface area (Å²) >= 11 is 0. The molecule has 162 valence electrons. The van der Waals surface area contributed by atoms with E-state index in [4.69, 9.17) is 4.74 Å². The maximum Gasteiger partial charge on any atom is 0.240 e. The molecule has 8 heteroatoms. The number of fused-ring (bicyclic) bond motifs is 1. The maximum atomic E-state index is 12.5. The lowest BCUT2D eigenvalue weighted by Gasteiger charge is -2.24. The van der Waals surface area contributed by atoms with Crippen LogP contribution in [0.15, 0.2) is 42.5 Å². The lowest BCUT2D eigenvalue weighted by molar-refractivity contribution is -0.119. The van der Waals surface area contributed by atoms with Gasteiger partial charge in [0, 0.05) is 25.3 Å². The number of aryl methyl sites for hydroxylation is 1. The van der Waals surface area contributed by atoms with Gasteiger partial charge in [-0.05, 0) is 49.1 Å². The minimum Gasteiger partial charge on any atom is -0.495 e. The van der Waals surface area contributed by atoms with Gasteiger partial charge in [-0.3, -0.25) is 9.10 Å². The Morgan fingerprint density at radius 2 is 2.00 bits per heavy atom. The fourth-order valence-corrected chi connectivity index (χ4v) is 4.55. The van der Waals surface area contributed by atoms with Crippen molar-refractivity contribution in [1.29, 1.82) is 0 Å². The minimum absolute atomic E-state index is 0.287. The number of para-hydroxylation sites is 1. The summed E-state index contributed by atoms with van der Waals surface area (Å²) in [7, 11) is -2.18. The molecule has 1 N–H and O–H groups in total.